The first-order valence-electron chi connectivity index (χ1n) is 10.9. The van der Waals surface area contributed by atoms with Gasteiger partial charge in [-0.05, 0) is 70.5 Å². The zero-order valence-electron chi connectivity index (χ0n) is 18.3. The highest BCUT2D eigenvalue weighted by atomic mass is 16.5. The van der Waals surface area contributed by atoms with Crippen LogP contribution in [0, 0.1) is 6.92 Å². The van der Waals surface area contributed by atoms with Crippen LogP contribution in [0.15, 0.2) is 60.7 Å². The van der Waals surface area contributed by atoms with Crippen molar-refractivity contribution in [1.29, 1.82) is 0 Å². The van der Waals surface area contributed by atoms with Gasteiger partial charge in [-0.2, -0.15) is 0 Å². The molecular formula is C27H32O4. The zero-order valence-corrected chi connectivity index (χ0v) is 18.3. The average Bonchev–Trinajstić information content (AvgIpc) is 2.81. The molecule has 1 atom stereocenters. The van der Waals surface area contributed by atoms with Crippen LogP contribution in [0.3, 0.4) is 0 Å². The highest BCUT2D eigenvalue weighted by Crippen LogP contribution is 2.30. The molecule has 0 aromatic heterocycles. The molecule has 0 saturated heterocycles. The predicted octanol–water partition coefficient (Wildman–Crippen LogP) is 5.45. The fourth-order valence-electron chi connectivity index (χ4n) is 3.77. The summed E-state index contributed by atoms with van der Waals surface area (Å²) in [7, 11) is 0. The maximum Gasteiger partial charge on any atom is 0.120 e. The van der Waals surface area contributed by atoms with E-state index >= 15 is 0 Å². The molecule has 0 aliphatic rings. The molecule has 1 unspecified atom stereocenters. The number of rotatable bonds is 10. The highest BCUT2D eigenvalue weighted by molar-refractivity contribution is 5.69. The Balaban J connectivity index is 1.73. The van der Waals surface area contributed by atoms with Crippen molar-refractivity contribution in [2.75, 3.05) is 0 Å². The van der Waals surface area contributed by atoms with Crippen LogP contribution >= 0.6 is 0 Å². The van der Waals surface area contributed by atoms with Crippen molar-refractivity contribution in [1.82, 2.24) is 0 Å². The molecule has 3 aromatic rings. The van der Waals surface area contributed by atoms with Crippen LogP contribution in [0.4, 0.5) is 0 Å². The summed E-state index contributed by atoms with van der Waals surface area (Å²) in [6.07, 6.45) is 2.47. The second-order valence-corrected chi connectivity index (χ2v) is 7.97. The van der Waals surface area contributed by atoms with E-state index in [1.54, 1.807) is 0 Å². The third-order valence-corrected chi connectivity index (χ3v) is 5.63. The molecule has 0 saturated carbocycles. The van der Waals surface area contributed by atoms with Gasteiger partial charge in [0.25, 0.3) is 0 Å². The van der Waals surface area contributed by atoms with Gasteiger partial charge in [0.15, 0.2) is 0 Å². The normalized spacial score (nSPS) is 12.0. The molecule has 4 nitrogen and oxygen atoms in total. The van der Waals surface area contributed by atoms with E-state index in [1.165, 1.54) is 0 Å². The van der Waals surface area contributed by atoms with E-state index in [2.05, 4.69) is 32.0 Å². The maximum absolute atomic E-state index is 10.4. The Labute approximate surface area is 184 Å². The number of aryl methyl sites for hydroxylation is 1. The Morgan fingerprint density at radius 1 is 0.903 bits per heavy atom. The number of unbranched alkanes of at least 4 members (excludes halogenated alkanes) is 1. The van der Waals surface area contributed by atoms with Gasteiger partial charge in [0.2, 0.25) is 0 Å². The highest BCUT2D eigenvalue weighted by Gasteiger charge is 2.10. The van der Waals surface area contributed by atoms with Gasteiger partial charge in [0, 0.05) is 0 Å². The van der Waals surface area contributed by atoms with Crippen LogP contribution in [-0.4, -0.2) is 15.3 Å². The first kappa shape index (κ1) is 23.0. The smallest absolute Gasteiger partial charge is 0.120 e. The molecule has 0 fully saturated rings. The summed E-state index contributed by atoms with van der Waals surface area (Å²) in [5, 5.41) is 29.2. The molecule has 3 N–H and O–H groups in total. The summed E-state index contributed by atoms with van der Waals surface area (Å²) in [4.78, 5) is 0. The lowest BCUT2D eigenvalue weighted by Crippen LogP contribution is -2.00. The molecule has 0 amide bonds. The number of hydrogen-bond donors (Lipinski definition) is 3. The minimum absolute atomic E-state index is 0.0904. The predicted molar refractivity (Wildman–Crippen MR) is 124 cm³/mol. The van der Waals surface area contributed by atoms with Gasteiger partial charge in [0.1, 0.15) is 12.4 Å². The van der Waals surface area contributed by atoms with Crippen molar-refractivity contribution in [2.45, 2.75) is 59.0 Å². The summed E-state index contributed by atoms with van der Waals surface area (Å²) in [5.74, 6) is 0.765. The standard InChI is InChI=1S/C27H32O4/c1-3-4-8-27(30)22-11-12-26(19(2)13-22)21-6-5-7-25(15-21)31-18-20-9-10-23(16-28)24(14-20)17-29/h5-7,9-15,27-30H,3-4,8,16-18H2,1-2H3. The minimum atomic E-state index is -0.414. The third-order valence-electron chi connectivity index (χ3n) is 5.63. The molecular weight excluding hydrogens is 388 g/mol. The van der Waals surface area contributed by atoms with Gasteiger partial charge in [-0.3, -0.25) is 0 Å². The third kappa shape index (κ3) is 5.95. The van der Waals surface area contributed by atoms with Crippen LogP contribution in [0.2, 0.25) is 0 Å². The Hall–Kier alpha value is -2.66. The van der Waals surface area contributed by atoms with Crippen molar-refractivity contribution < 1.29 is 20.1 Å². The maximum atomic E-state index is 10.4. The zero-order chi connectivity index (χ0) is 22.2. The minimum Gasteiger partial charge on any atom is -0.489 e. The van der Waals surface area contributed by atoms with E-state index in [9.17, 15) is 15.3 Å². The first-order valence-corrected chi connectivity index (χ1v) is 10.9. The van der Waals surface area contributed by atoms with E-state index in [-0.39, 0.29) is 13.2 Å². The molecule has 0 bridgehead atoms. The molecule has 164 valence electrons. The second-order valence-electron chi connectivity index (χ2n) is 7.97. The van der Waals surface area contributed by atoms with Crippen LogP contribution < -0.4 is 4.74 Å². The van der Waals surface area contributed by atoms with E-state index in [1.807, 2.05) is 42.5 Å². The van der Waals surface area contributed by atoms with E-state index in [4.69, 9.17) is 4.74 Å². The van der Waals surface area contributed by atoms with Crippen LogP contribution in [0.1, 0.15) is 60.1 Å². The fraction of sp³-hybridized carbons (Fsp3) is 0.333. The summed E-state index contributed by atoms with van der Waals surface area (Å²) < 4.78 is 5.99. The Morgan fingerprint density at radius 3 is 2.42 bits per heavy atom. The SMILES string of the molecule is CCCCC(O)c1ccc(-c2cccc(OCc3ccc(CO)c(CO)c3)c2)c(C)c1. The number of hydrogen-bond acceptors (Lipinski definition) is 4. The van der Waals surface area contributed by atoms with Crippen molar-refractivity contribution in [3.8, 4) is 16.9 Å². The van der Waals surface area contributed by atoms with E-state index < -0.39 is 6.10 Å². The molecule has 0 spiro atoms. The monoisotopic (exact) mass is 420 g/mol. The lowest BCUT2D eigenvalue weighted by molar-refractivity contribution is 0.164. The van der Waals surface area contributed by atoms with Gasteiger partial charge in [0.05, 0.1) is 19.3 Å². The molecule has 4 heteroatoms. The molecule has 31 heavy (non-hydrogen) atoms. The van der Waals surface area contributed by atoms with Gasteiger partial charge in [-0.25, -0.2) is 0 Å². The second kappa shape index (κ2) is 11.1. The summed E-state index contributed by atoms with van der Waals surface area (Å²) in [5.41, 5.74) is 6.66. The molecule has 0 radical (unpaired) electrons. The fourth-order valence-corrected chi connectivity index (χ4v) is 3.77. The van der Waals surface area contributed by atoms with E-state index in [0.717, 1.165) is 58.4 Å². The molecule has 3 rings (SSSR count). The Bertz CT molecular complexity index is 996. The van der Waals surface area contributed by atoms with Crippen molar-refractivity contribution in [2.24, 2.45) is 0 Å². The largest absolute Gasteiger partial charge is 0.489 e. The van der Waals surface area contributed by atoms with Gasteiger partial charge >= 0.3 is 0 Å². The Kier molecular flexibility index (Phi) is 8.24. The number of aliphatic hydroxyl groups excluding tert-OH is 3. The van der Waals surface area contributed by atoms with Gasteiger partial charge in [-0.1, -0.05) is 62.2 Å². The van der Waals surface area contributed by atoms with E-state index in [0.29, 0.717) is 12.2 Å². The van der Waals surface area contributed by atoms with Gasteiger partial charge < -0.3 is 20.1 Å². The van der Waals surface area contributed by atoms with Crippen molar-refractivity contribution in [3.05, 3.63) is 88.5 Å². The molecule has 0 aliphatic carbocycles. The average molecular weight is 421 g/mol. The van der Waals surface area contributed by atoms with Crippen LogP contribution in [0.25, 0.3) is 11.1 Å². The lowest BCUT2D eigenvalue weighted by atomic mass is 9.95. The number of benzene rings is 3. The topological polar surface area (TPSA) is 69.9 Å². The van der Waals surface area contributed by atoms with Crippen LogP contribution in [-0.2, 0) is 19.8 Å². The summed E-state index contributed by atoms with van der Waals surface area (Å²) in [6.45, 7) is 4.38. The molecule has 3 aromatic carbocycles. The number of ether oxygens (including phenoxy) is 1. The Morgan fingerprint density at radius 2 is 1.71 bits per heavy atom. The quantitative estimate of drug-likeness (QED) is 0.408. The van der Waals surface area contributed by atoms with Crippen molar-refractivity contribution in [3.63, 3.8) is 0 Å². The molecule has 0 heterocycles. The van der Waals surface area contributed by atoms with Gasteiger partial charge in [-0.15, -0.1) is 0 Å². The summed E-state index contributed by atoms with van der Waals surface area (Å²) >= 11 is 0. The molecule has 0 aliphatic heterocycles. The lowest BCUT2D eigenvalue weighted by Gasteiger charge is -2.15. The van der Waals surface area contributed by atoms with Crippen molar-refractivity contribution >= 4 is 0 Å². The summed E-state index contributed by atoms with van der Waals surface area (Å²) in [6, 6.07) is 19.7. The number of aliphatic hydroxyl groups is 3. The van der Waals surface area contributed by atoms with Crippen LogP contribution in [0.5, 0.6) is 5.75 Å². The first-order chi connectivity index (χ1) is 15.0.